The lowest BCUT2D eigenvalue weighted by atomic mass is 10.4. The zero-order chi connectivity index (χ0) is 10.1. The van der Waals surface area contributed by atoms with Crippen LogP contribution >= 0.6 is 38.6 Å². The van der Waals surface area contributed by atoms with Crippen molar-refractivity contribution in [2.75, 3.05) is 0 Å². The second-order valence-corrected chi connectivity index (χ2v) is 6.11. The molecule has 2 aromatic heterocycles. The highest BCUT2D eigenvalue weighted by Gasteiger charge is 2.10. The number of thiophene rings is 1. The van der Waals surface area contributed by atoms with Crippen molar-refractivity contribution in [3.05, 3.63) is 26.5 Å². The van der Waals surface area contributed by atoms with Crippen molar-refractivity contribution in [3.63, 3.8) is 0 Å². The second kappa shape index (κ2) is 3.81. The number of thiazole rings is 1. The first-order chi connectivity index (χ1) is 6.70. The first kappa shape index (κ1) is 9.84. The number of nitrogens with zero attached hydrogens (tertiary/aromatic N) is 2. The summed E-state index contributed by atoms with van der Waals surface area (Å²) in [6.45, 7) is 1.86. The Labute approximate surface area is 98.0 Å². The van der Waals surface area contributed by atoms with E-state index in [1.165, 1.54) is 11.3 Å². The molecule has 2 aromatic rings. The van der Waals surface area contributed by atoms with Gasteiger partial charge < -0.3 is 0 Å². The molecule has 0 spiro atoms. The van der Waals surface area contributed by atoms with Gasteiger partial charge in [0.1, 0.15) is 16.0 Å². The van der Waals surface area contributed by atoms with E-state index in [2.05, 4.69) is 27.0 Å². The van der Waals surface area contributed by atoms with Crippen LogP contribution in [0.1, 0.15) is 10.6 Å². The number of aryl methyl sites for hydroxylation is 1. The van der Waals surface area contributed by atoms with E-state index in [9.17, 15) is 0 Å². The Hall–Kier alpha value is -0.700. The molecule has 0 radical (unpaired) electrons. The first-order valence-electron chi connectivity index (χ1n) is 3.84. The van der Waals surface area contributed by atoms with Crippen LogP contribution in [0.3, 0.4) is 0 Å². The van der Waals surface area contributed by atoms with Crippen molar-refractivity contribution in [1.82, 2.24) is 4.98 Å². The van der Waals surface area contributed by atoms with Crippen LogP contribution in [0.2, 0.25) is 0 Å². The van der Waals surface area contributed by atoms with Crippen molar-refractivity contribution in [1.29, 1.82) is 5.26 Å². The molecule has 0 saturated heterocycles. The summed E-state index contributed by atoms with van der Waals surface area (Å²) in [4.78, 5) is 6.15. The predicted octanol–water partition coefficient (Wildman–Crippen LogP) is 3.81. The highest BCUT2D eigenvalue weighted by Crippen LogP contribution is 2.34. The molecule has 0 bridgehead atoms. The molecule has 2 heterocycles. The average Bonchev–Trinajstić information content (AvgIpc) is 2.71. The molecule has 0 N–H and O–H groups in total. The minimum atomic E-state index is 0.699. The quantitative estimate of drug-likeness (QED) is 0.798. The smallest absolute Gasteiger partial charge is 0.134 e. The topological polar surface area (TPSA) is 36.7 Å². The summed E-state index contributed by atoms with van der Waals surface area (Å²) >= 11 is 6.47. The monoisotopic (exact) mass is 284 g/mol. The number of hydrogen-bond acceptors (Lipinski definition) is 4. The third-order valence-corrected chi connectivity index (χ3v) is 4.54. The van der Waals surface area contributed by atoms with E-state index < -0.39 is 0 Å². The van der Waals surface area contributed by atoms with Gasteiger partial charge in [-0.3, -0.25) is 0 Å². The molecule has 5 heteroatoms. The van der Waals surface area contributed by atoms with E-state index in [1.807, 2.05) is 19.1 Å². The fraction of sp³-hybridized carbons (Fsp3) is 0.111. The van der Waals surface area contributed by atoms with Gasteiger partial charge in [-0.1, -0.05) is 0 Å². The lowest BCUT2D eigenvalue weighted by molar-refractivity contribution is 1.26. The van der Waals surface area contributed by atoms with Crippen molar-refractivity contribution >= 4 is 38.6 Å². The van der Waals surface area contributed by atoms with Gasteiger partial charge in [-0.05, 0) is 35.0 Å². The molecular formula is C9H5BrN2S2. The van der Waals surface area contributed by atoms with Crippen molar-refractivity contribution in [2.45, 2.75) is 6.92 Å². The lowest BCUT2D eigenvalue weighted by Gasteiger charge is -1.85. The Kier molecular flexibility index (Phi) is 2.68. The van der Waals surface area contributed by atoms with E-state index in [1.54, 1.807) is 11.3 Å². The SMILES string of the molecule is Cc1nc(-c2ccc(Br)s2)sc1C#N. The zero-order valence-corrected chi connectivity index (χ0v) is 10.5. The molecule has 0 saturated carbocycles. The molecule has 0 aromatic carbocycles. The third kappa shape index (κ3) is 1.73. The molecule has 14 heavy (non-hydrogen) atoms. The Bertz CT molecular complexity index is 507. The van der Waals surface area contributed by atoms with Gasteiger partial charge in [0.25, 0.3) is 0 Å². The van der Waals surface area contributed by atoms with Crippen LogP contribution in [-0.2, 0) is 0 Å². The Balaban J connectivity index is 2.48. The van der Waals surface area contributed by atoms with Crippen molar-refractivity contribution in [2.24, 2.45) is 0 Å². The van der Waals surface area contributed by atoms with Crippen LogP contribution in [0.5, 0.6) is 0 Å². The van der Waals surface area contributed by atoms with E-state index in [0.29, 0.717) is 4.88 Å². The first-order valence-corrected chi connectivity index (χ1v) is 6.26. The number of halogens is 1. The van der Waals surface area contributed by atoms with Gasteiger partial charge in [0.2, 0.25) is 0 Å². The Morgan fingerprint density at radius 2 is 2.21 bits per heavy atom. The summed E-state index contributed by atoms with van der Waals surface area (Å²) in [5, 5.41) is 9.72. The number of rotatable bonds is 1. The van der Waals surface area contributed by atoms with Crippen LogP contribution in [-0.4, -0.2) is 4.98 Å². The maximum absolute atomic E-state index is 8.80. The van der Waals surface area contributed by atoms with Crippen LogP contribution in [0.15, 0.2) is 15.9 Å². The molecule has 0 aliphatic heterocycles. The highest BCUT2D eigenvalue weighted by atomic mass is 79.9. The third-order valence-electron chi connectivity index (χ3n) is 1.68. The standard InChI is InChI=1S/C9H5BrN2S2/c1-5-7(4-11)14-9(12-5)6-2-3-8(10)13-6/h2-3H,1H3. The fourth-order valence-corrected chi connectivity index (χ4v) is 3.34. The van der Waals surface area contributed by atoms with Crippen molar-refractivity contribution < 1.29 is 0 Å². The Morgan fingerprint density at radius 3 is 2.71 bits per heavy atom. The molecule has 0 fully saturated rings. The second-order valence-electron chi connectivity index (χ2n) is 2.65. The molecule has 0 amide bonds. The number of hydrogen-bond donors (Lipinski definition) is 0. The van der Waals surface area contributed by atoms with Gasteiger partial charge >= 0.3 is 0 Å². The molecule has 2 rings (SSSR count). The van der Waals surface area contributed by atoms with Crippen LogP contribution in [0.4, 0.5) is 0 Å². The summed E-state index contributed by atoms with van der Waals surface area (Å²) in [5.74, 6) is 0. The molecule has 0 unspecified atom stereocenters. The lowest BCUT2D eigenvalue weighted by Crippen LogP contribution is -1.73. The summed E-state index contributed by atoms with van der Waals surface area (Å²) in [6.07, 6.45) is 0. The summed E-state index contributed by atoms with van der Waals surface area (Å²) in [6, 6.07) is 6.14. The van der Waals surface area contributed by atoms with E-state index in [4.69, 9.17) is 5.26 Å². The van der Waals surface area contributed by atoms with E-state index in [-0.39, 0.29) is 0 Å². The van der Waals surface area contributed by atoms with Gasteiger partial charge in [-0.2, -0.15) is 5.26 Å². The van der Waals surface area contributed by atoms with E-state index >= 15 is 0 Å². The van der Waals surface area contributed by atoms with Crippen LogP contribution in [0.25, 0.3) is 9.88 Å². The van der Waals surface area contributed by atoms with Gasteiger partial charge in [-0.25, -0.2) is 4.98 Å². The van der Waals surface area contributed by atoms with Gasteiger partial charge in [0.05, 0.1) is 14.4 Å². The number of nitriles is 1. The molecule has 0 atom stereocenters. The van der Waals surface area contributed by atoms with Gasteiger partial charge in [-0.15, -0.1) is 22.7 Å². The molecule has 0 aliphatic carbocycles. The largest absolute Gasteiger partial charge is 0.239 e. The normalized spacial score (nSPS) is 10.1. The molecule has 2 nitrogen and oxygen atoms in total. The Morgan fingerprint density at radius 1 is 1.43 bits per heavy atom. The van der Waals surface area contributed by atoms with Gasteiger partial charge in [0.15, 0.2) is 0 Å². The van der Waals surface area contributed by atoms with Crippen LogP contribution < -0.4 is 0 Å². The zero-order valence-electron chi connectivity index (χ0n) is 7.24. The van der Waals surface area contributed by atoms with E-state index in [0.717, 1.165) is 19.4 Å². The minimum Gasteiger partial charge on any atom is -0.239 e. The average molecular weight is 285 g/mol. The minimum absolute atomic E-state index is 0.699. The number of aromatic nitrogens is 1. The molecule has 0 aliphatic rings. The fourth-order valence-electron chi connectivity index (χ4n) is 1.03. The van der Waals surface area contributed by atoms with Crippen molar-refractivity contribution in [3.8, 4) is 16.0 Å². The summed E-state index contributed by atoms with van der Waals surface area (Å²) < 4.78 is 1.08. The van der Waals surface area contributed by atoms with Gasteiger partial charge in [0, 0.05) is 0 Å². The maximum Gasteiger partial charge on any atom is 0.134 e. The summed E-state index contributed by atoms with van der Waals surface area (Å²) in [5.41, 5.74) is 0.817. The summed E-state index contributed by atoms with van der Waals surface area (Å²) in [7, 11) is 0. The van der Waals surface area contributed by atoms with Crippen LogP contribution in [0, 0.1) is 18.3 Å². The molecule has 70 valence electrons. The molecular weight excluding hydrogens is 280 g/mol. The predicted molar refractivity (Wildman–Crippen MR) is 62.6 cm³/mol. The highest BCUT2D eigenvalue weighted by molar-refractivity contribution is 9.11. The maximum atomic E-state index is 8.80.